The summed E-state index contributed by atoms with van der Waals surface area (Å²) in [4.78, 5) is 6.48. The van der Waals surface area contributed by atoms with Crippen molar-refractivity contribution in [2.45, 2.75) is 33.0 Å². The largest absolute Gasteiger partial charge is 0.377 e. The number of ether oxygens (including phenoxy) is 2. The summed E-state index contributed by atoms with van der Waals surface area (Å²) in [6.07, 6.45) is 1.18. The molecule has 1 aromatic carbocycles. The quantitative estimate of drug-likeness (QED) is 0.245. The molecule has 0 fully saturated rings. The van der Waals surface area contributed by atoms with E-state index in [0.717, 1.165) is 38.6 Å². The van der Waals surface area contributed by atoms with Crippen LogP contribution in [0.4, 0.5) is 0 Å². The van der Waals surface area contributed by atoms with Crippen molar-refractivity contribution < 1.29 is 9.47 Å². The fourth-order valence-electron chi connectivity index (χ4n) is 2.60. The molecule has 2 unspecified atom stereocenters. The van der Waals surface area contributed by atoms with E-state index in [2.05, 4.69) is 53.7 Å². The van der Waals surface area contributed by atoms with Crippen molar-refractivity contribution in [3.05, 3.63) is 35.9 Å². The average Bonchev–Trinajstić information content (AvgIpc) is 2.66. The van der Waals surface area contributed by atoms with E-state index in [4.69, 9.17) is 9.47 Å². The summed E-state index contributed by atoms with van der Waals surface area (Å²) in [6.45, 7) is 8.86. The minimum absolute atomic E-state index is 0. The van der Waals surface area contributed by atoms with E-state index in [-0.39, 0.29) is 30.1 Å². The molecule has 0 aromatic heterocycles. The first-order valence-corrected chi connectivity index (χ1v) is 9.87. The highest BCUT2D eigenvalue weighted by atomic mass is 127. The molecule has 162 valence electrons. The van der Waals surface area contributed by atoms with Crippen LogP contribution >= 0.6 is 24.0 Å². The number of rotatable bonds is 13. The summed E-state index contributed by atoms with van der Waals surface area (Å²) in [5, 5.41) is 6.74. The molecular formula is C21H39IN4O2. The molecule has 1 aromatic rings. The van der Waals surface area contributed by atoms with Gasteiger partial charge in [-0.1, -0.05) is 37.3 Å². The Kier molecular flexibility index (Phi) is 16.5. The van der Waals surface area contributed by atoms with Crippen LogP contribution in [-0.4, -0.2) is 71.0 Å². The normalized spacial score (nSPS) is 13.7. The fraction of sp³-hybridized carbons (Fsp3) is 0.667. The summed E-state index contributed by atoms with van der Waals surface area (Å²) in [6, 6.07) is 10.3. The second-order valence-corrected chi connectivity index (χ2v) is 7.11. The number of benzene rings is 1. The molecule has 28 heavy (non-hydrogen) atoms. The second-order valence-electron chi connectivity index (χ2n) is 7.11. The maximum Gasteiger partial charge on any atom is 0.191 e. The Morgan fingerprint density at radius 3 is 2.43 bits per heavy atom. The van der Waals surface area contributed by atoms with E-state index < -0.39 is 0 Å². The van der Waals surface area contributed by atoms with E-state index in [1.165, 1.54) is 5.56 Å². The summed E-state index contributed by atoms with van der Waals surface area (Å²) >= 11 is 0. The van der Waals surface area contributed by atoms with Crippen molar-refractivity contribution in [3.63, 3.8) is 0 Å². The molecule has 0 aliphatic rings. The third-order valence-electron chi connectivity index (χ3n) is 4.15. The molecule has 0 radical (unpaired) electrons. The van der Waals surface area contributed by atoms with Gasteiger partial charge in [-0.15, -0.1) is 24.0 Å². The summed E-state index contributed by atoms with van der Waals surface area (Å²) in [7, 11) is 5.96. The summed E-state index contributed by atoms with van der Waals surface area (Å²) in [5.41, 5.74) is 1.20. The fourth-order valence-corrected chi connectivity index (χ4v) is 2.60. The number of guanidine groups is 1. The van der Waals surface area contributed by atoms with Gasteiger partial charge in [0.1, 0.15) is 0 Å². The van der Waals surface area contributed by atoms with Crippen molar-refractivity contribution in [1.82, 2.24) is 15.5 Å². The van der Waals surface area contributed by atoms with E-state index in [1.807, 2.05) is 25.1 Å². The Bertz CT molecular complexity index is 514. The molecule has 0 saturated carbocycles. The first kappa shape index (κ1) is 27.1. The van der Waals surface area contributed by atoms with Gasteiger partial charge < -0.3 is 25.0 Å². The minimum Gasteiger partial charge on any atom is -0.377 e. The maximum absolute atomic E-state index is 5.82. The molecule has 2 atom stereocenters. The van der Waals surface area contributed by atoms with Gasteiger partial charge in [-0.05, 0) is 38.9 Å². The highest BCUT2D eigenvalue weighted by molar-refractivity contribution is 14.0. The third kappa shape index (κ3) is 13.3. The van der Waals surface area contributed by atoms with Gasteiger partial charge in [-0.2, -0.15) is 0 Å². The molecule has 2 N–H and O–H groups in total. The predicted molar refractivity (Wildman–Crippen MR) is 129 cm³/mol. The van der Waals surface area contributed by atoms with Crippen molar-refractivity contribution in [2.75, 3.05) is 54.0 Å². The van der Waals surface area contributed by atoms with Crippen LogP contribution in [0.2, 0.25) is 0 Å². The first-order valence-electron chi connectivity index (χ1n) is 9.87. The van der Waals surface area contributed by atoms with Gasteiger partial charge in [-0.3, -0.25) is 4.99 Å². The highest BCUT2D eigenvalue weighted by Crippen LogP contribution is 2.03. The Morgan fingerprint density at radius 2 is 1.82 bits per heavy atom. The highest BCUT2D eigenvalue weighted by Gasteiger charge is 2.11. The van der Waals surface area contributed by atoms with Crippen LogP contribution in [0.3, 0.4) is 0 Å². The van der Waals surface area contributed by atoms with Gasteiger partial charge in [0.05, 0.1) is 19.3 Å². The lowest BCUT2D eigenvalue weighted by atomic mass is 10.2. The van der Waals surface area contributed by atoms with Crippen LogP contribution in [0.25, 0.3) is 0 Å². The molecule has 6 nitrogen and oxygen atoms in total. The van der Waals surface area contributed by atoms with Crippen LogP contribution in [0.15, 0.2) is 35.3 Å². The van der Waals surface area contributed by atoms with E-state index in [9.17, 15) is 0 Å². The van der Waals surface area contributed by atoms with Crippen molar-refractivity contribution >= 4 is 29.9 Å². The lowest BCUT2D eigenvalue weighted by molar-refractivity contribution is 0.0547. The van der Waals surface area contributed by atoms with E-state index >= 15 is 0 Å². The molecule has 0 amide bonds. The minimum atomic E-state index is 0. The number of halogens is 1. The first-order chi connectivity index (χ1) is 13.0. The number of hydrogen-bond donors (Lipinski definition) is 2. The standard InChI is InChI=1S/C21H38N4O2.HI/c1-6-27-20(12-13-25(4)5)15-24-21(22-3)23-14-18(2)16-26-17-19-10-8-7-9-11-19;/h7-11,18,20H,6,12-17H2,1-5H3,(H2,22,23,24);1H. The lowest BCUT2D eigenvalue weighted by Gasteiger charge is -2.22. The van der Waals surface area contributed by atoms with Gasteiger partial charge in [0.2, 0.25) is 0 Å². The average molecular weight is 506 g/mol. The molecule has 0 aliphatic heterocycles. The zero-order valence-corrected chi connectivity index (χ0v) is 20.4. The zero-order chi connectivity index (χ0) is 19.9. The molecule has 7 heteroatoms. The van der Waals surface area contributed by atoms with Crippen molar-refractivity contribution in [1.29, 1.82) is 0 Å². The Hall–Kier alpha value is -0.900. The molecule has 0 saturated heterocycles. The maximum atomic E-state index is 5.82. The van der Waals surface area contributed by atoms with E-state index in [1.54, 1.807) is 7.05 Å². The zero-order valence-electron chi connectivity index (χ0n) is 18.1. The number of hydrogen-bond acceptors (Lipinski definition) is 4. The van der Waals surface area contributed by atoms with Crippen molar-refractivity contribution in [3.8, 4) is 0 Å². The van der Waals surface area contributed by atoms with Gasteiger partial charge in [-0.25, -0.2) is 0 Å². The molecule has 1 rings (SSSR count). The lowest BCUT2D eigenvalue weighted by Crippen LogP contribution is -2.44. The number of aliphatic imine (C=N–C) groups is 1. The summed E-state index contributed by atoms with van der Waals surface area (Å²) < 4.78 is 11.6. The predicted octanol–water partition coefficient (Wildman–Crippen LogP) is 2.98. The van der Waals surface area contributed by atoms with Gasteiger partial charge in [0.25, 0.3) is 0 Å². The SMILES string of the molecule is CCOC(CCN(C)C)CNC(=NC)NCC(C)COCc1ccccc1.I. The van der Waals surface area contributed by atoms with Crippen LogP contribution in [-0.2, 0) is 16.1 Å². The number of nitrogens with zero attached hydrogens (tertiary/aromatic N) is 2. The second kappa shape index (κ2) is 17.0. The van der Waals surface area contributed by atoms with Crippen LogP contribution in [0, 0.1) is 5.92 Å². The smallest absolute Gasteiger partial charge is 0.191 e. The topological polar surface area (TPSA) is 58.1 Å². The van der Waals surface area contributed by atoms with Crippen LogP contribution in [0.5, 0.6) is 0 Å². The molecule has 0 heterocycles. The van der Waals surface area contributed by atoms with Crippen LogP contribution < -0.4 is 10.6 Å². The van der Waals surface area contributed by atoms with E-state index in [0.29, 0.717) is 19.1 Å². The van der Waals surface area contributed by atoms with Gasteiger partial charge in [0, 0.05) is 33.3 Å². The monoisotopic (exact) mass is 506 g/mol. The third-order valence-corrected chi connectivity index (χ3v) is 4.15. The number of nitrogens with one attached hydrogen (secondary N) is 2. The van der Waals surface area contributed by atoms with Gasteiger partial charge in [0.15, 0.2) is 5.96 Å². The van der Waals surface area contributed by atoms with Crippen LogP contribution in [0.1, 0.15) is 25.8 Å². The molecule has 0 bridgehead atoms. The molecular weight excluding hydrogens is 467 g/mol. The Balaban J connectivity index is 0.00000729. The summed E-state index contributed by atoms with van der Waals surface area (Å²) in [5.74, 6) is 1.20. The molecule has 0 aliphatic carbocycles. The molecule has 0 spiro atoms. The van der Waals surface area contributed by atoms with Crippen molar-refractivity contribution in [2.24, 2.45) is 10.9 Å². The Morgan fingerprint density at radius 1 is 1.14 bits per heavy atom. The Labute approximate surface area is 188 Å². The van der Waals surface area contributed by atoms with Gasteiger partial charge >= 0.3 is 0 Å².